The van der Waals surface area contributed by atoms with Crippen LogP contribution in [0, 0.1) is 12.8 Å². The minimum atomic E-state index is -0.429. The Balaban J connectivity index is 2.68. The van der Waals surface area contributed by atoms with Crippen molar-refractivity contribution in [3.8, 4) is 0 Å². The molecule has 3 atom stereocenters. The maximum atomic E-state index is 12.0. The largest absolute Gasteiger partial charge is 0.348 e. The van der Waals surface area contributed by atoms with Crippen LogP contribution in [-0.4, -0.2) is 11.9 Å². The monoisotopic (exact) mass is 248 g/mol. The van der Waals surface area contributed by atoms with Gasteiger partial charge in [0.05, 0.1) is 12.1 Å². The fourth-order valence-electron chi connectivity index (χ4n) is 1.97. The van der Waals surface area contributed by atoms with Crippen molar-refractivity contribution in [2.75, 3.05) is 0 Å². The molecule has 3 nitrogen and oxygen atoms in total. The summed E-state index contributed by atoms with van der Waals surface area (Å²) in [7, 11) is 0. The summed E-state index contributed by atoms with van der Waals surface area (Å²) in [6.07, 6.45) is 0.910. The Labute approximate surface area is 110 Å². The van der Waals surface area contributed by atoms with E-state index in [4.69, 9.17) is 5.73 Å². The van der Waals surface area contributed by atoms with E-state index < -0.39 is 6.04 Å². The van der Waals surface area contributed by atoms with E-state index in [-0.39, 0.29) is 17.9 Å². The zero-order valence-electron chi connectivity index (χ0n) is 11.7. The third-order valence-electron chi connectivity index (χ3n) is 3.57. The van der Waals surface area contributed by atoms with Gasteiger partial charge in [0.2, 0.25) is 5.91 Å². The van der Waals surface area contributed by atoms with E-state index in [1.165, 1.54) is 5.56 Å². The standard InChI is InChI=1S/C15H24N2O/c1-5-10(2)14(16)15(18)17-12(4)13-9-7-6-8-11(13)3/h6-10,12,14H,5,16H2,1-4H3,(H,17,18). The highest BCUT2D eigenvalue weighted by Gasteiger charge is 2.21. The van der Waals surface area contributed by atoms with Crippen LogP contribution in [0.5, 0.6) is 0 Å². The molecular formula is C15H24N2O. The van der Waals surface area contributed by atoms with Crippen LogP contribution >= 0.6 is 0 Å². The smallest absolute Gasteiger partial charge is 0.237 e. The number of benzene rings is 1. The van der Waals surface area contributed by atoms with Gasteiger partial charge in [0.15, 0.2) is 0 Å². The summed E-state index contributed by atoms with van der Waals surface area (Å²) in [5, 5.41) is 2.99. The lowest BCUT2D eigenvalue weighted by molar-refractivity contribution is -0.124. The summed E-state index contributed by atoms with van der Waals surface area (Å²) in [5.41, 5.74) is 8.25. The van der Waals surface area contributed by atoms with Crippen molar-refractivity contribution in [3.63, 3.8) is 0 Å². The highest BCUT2D eigenvalue weighted by atomic mass is 16.2. The van der Waals surface area contributed by atoms with Crippen molar-refractivity contribution in [1.29, 1.82) is 0 Å². The number of rotatable bonds is 5. The van der Waals surface area contributed by atoms with Crippen LogP contribution in [0.25, 0.3) is 0 Å². The molecule has 3 unspecified atom stereocenters. The molecule has 1 amide bonds. The van der Waals surface area contributed by atoms with Crippen LogP contribution in [-0.2, 0) is 4.79 Å². The molecule has 18 heavy (non-hydrogen) atoms. The van der Waals surface area contributed by atoms with E-state index in [2.05, 4.69) is 5.32 Å². The van der Waals surface area contributed by atoms with Crippen LogP contribution in [0.15, 0.2) is 24.3 Å². The lowest BCUT2D eigenvalue weighted by Crippen LogP contribution is -2.45. The molecule has 1 aromatic carbocycles. The average molecular weight is 248 g/mol. The first-order chi connectivity index (χ1) is 8.47. The number of hydrogen-bond donors (Lipinski definition) is 2. The molecule has 0 radical (unpaired) electrons. The Morgan fingerprint density at radius 2 is 1.94 bits per heavy atom. The quantitative estimate of drug-likeness (QED) is 0.841. The molecule has 1 rings (SSSR count). The van der Waals surface area contributed by atoms with Crippen molar-refractivity contribution in [2.24, 2.45) is 11.7 Å². The first kappa shape index (κ1) is 14.7. The first-order valence-corrected chi connectivity index (χ1v) is 6.58. The van der Waals surface area contributed by atoms with Gasteiger partial charge in [0, 0.05) is 0 Å². The maximum Gasteiger partial charge on any atom is 0.237 e. The van der Waals surface area contributed by atoms with E-state index in [1.807, 2.05) is 52.0 Å². The molecule has 0 saturated heterocycles. The summed E-state index contributed by atoms with van der Waals surface area (Å²) >= 11 is 0. The van der Waals surface area contributed by atoms with Crippen LogP contribution in [0.2, 0.25) is 0 Å². The zero-order valence-corrected chi connectivity index (χ0v) is 11.7. The third kappa shape index (κ3) is 3.57. The summed E-state index contributed by atoms with van der Waals surface area (Å²) < 4.78 is 0. The van der Waals surface area contributed by atoms with Gasteiger partial charge in [0.25, 0.3) is 0 Å². The predicted molar refractivity (Wildman–Crippen MR) is 75.2 cm³/mol. The minimum Gasteiger partial charge on any atom is -0.348 e. The number of carbonyl (C=O) groups is 1. The molecular weight excluding hydrogens is 224 g/mol. The molecule has 100 valence electrons. The molecule has 1 aromatic rings. The fourth-order valence-corrected chi connectivity index (χ4v) is 1.97. The van der Waals surface area contributed by atoms with Crippen molar-refractivity contribution < 1.29 is 4.79 Å². The molecule has 0 fully saturated rings. The van der Waals surface area contributed by atoms with Gasteiger partial charge in [-0.25, -0.2) is 0 Å². The SMILES string of the molecule is CCC(C)C(N)C(=O)NC(C)c1ccccc1C. The molecule has 0 heterocycles. The van der Waals surface area contributed by atoms with E-state index in [0.29, 0.717) is 0 Å². The van der Waals surface area contributed by atoms with Crippen LogP contribution in [0.1, 0.15) is 44.4 Å². The predicted octanol–water partition coefficient (Wildman–Crippen LogP) is 2.55. The number of hydrogen-bond acceptors (Lipinski definition) is 2. The molecule has 0 aliphatic rings. The van der Waals surface area contributed by atoms with E-state index in [9.17, 15) is 4.79 Å². The molecule has 0 aliphatic carbocycles. The topological polar surface area (TPSA) is 55.1 Å². The van der Waals surface area contributed by atoms with Gasteiger partial charge >= 0.3 is 0 Å². The van der Waals surface area contributed by atoms with Gasteiger partial charge in [0.1, 0.15) is 0 Å². The molecule has 0 spiro atoms. The van der Waals surface area contributed by atoms with Crippen molar-refractivity contribution in [1.82, 2.24) is 5.32 Å². The van der Waals surface area contributed by atoms with Crippen LogP contribution in [0.3, 0.4) is 0 Å². The molecule has 3 heteroatoms. The Bertz CT molecular complexity index is 403. The Hall–Kier alpha value is -1.35. The summed E-state index contributed by atoms with van der Waals surface area (Å²) in [4.78, 5) is 12.0. The summed E-state index contributed by atoms with van der Waals surface area (Å²) in [5.74, 6) is 0.133. The van der Waals surface area contributed by atoms with E-state index >= 15 is 0 Å². The van der Waals surface area contributed by atoms with E-state index in [1.54, 1.807) is 0 Å². The lowest BCUT2D eigenvalue weighted by atomic mass is 9.98. The number of nitrogens with one attached hydrogen (secondary N) is 1. The summed E-state index contributed by atoms with van der Waals surface area (Å²) in [6, 6.07) is 7.63. The molecule has 0 saturated carbocycles. The van der Waals surface area contributed by atoms with Gasteiger partial charge in [-0.15, -0.1) is 0 Å². The van der Waals surface area contributed by atoms with Crippen LogP contribution in [0.4, 0.5) is 0 Å². The normalized spacial score (nSPS) is 15.8. The Morgan fingerprint density at radius 3 is 2.50 bits per heavy atom. The van der Waals surface area contributed by atoms with Crippen molar-refractivity contribution in [3.05, 3.63) is 35.4 Å². The van der Waals surface area contributed by atoms with Gasteiger partial charge in [-0.3, -0.25) is 4.79 Å². The lowest BCUT2D eigenvalue weighted by Gasteiger charge is -2.22. The second-order valence-electron chi connectivity index (χ2n) is 5.00. The first-order valence-electron chi connectivity index (χ1n) is 6.58. The van der Waals surface area contributed by atoms with Gasteiger partial charge in [-0.1, -0.05) is 44.5 Å². The maximum absolute atomic E-state index is 12.0. The highest BCUT2D eigenvalue weighted by molar-refractivity contribution is 5.82. The Morgan fingerprint density at radius 1 is 1.33 bits per heavy atom. The third-order valence-corrected chi connectivity index (χ3v) is 3.57. The average Bonchev–Trinajstić information content (AvgIpc) is 2.37. The number of aryl methyl sites for hydroxylation is 1. The van der Waals surface area contributed by atoms with Crippen molar-refractivity contribution in [2.45, 2.75) is 46.2 Å². The van der Waals surface area contributed by atoms with E-state index in [0.717, 1.165) is 12.0 Å². The minimum absolute atomic E-state index is 0.00574. The zero-order chi connectivity index (χ0) is 13.7. The second kappa shape index (κ2) is 6.55. The number of amides is 1. The molecule has 0 bridgehead atoms. The Kier molecular flexibility index (Phi) is 5.35. The molecule has 0 aromatic heterocycles. The highest BCUT2D eigenvalue weighted by Crippen LogP contribution is 2.17. The van der Waals surface area contributed by atoms with Crippen LogP contribution < -0.4 is 11.1 Å². The molecule has 0 aliphatic heterocycles. The van der Waals surface area contributed by atoms with Gasteiger partial charge in [-0.2, -0.15) is 0 Å². The number of nitrogens with two attached hydrogens (primary N) is 1. The van der Waals surface area contributed by atoms with Gasteiger partial charge in [-0.05, 0) is 30.9 Å². The second-order valence-corrected chi connectivity index (χ2v) is 5.00. The fraction of sp³-hybridized carbons (Fsp3) is 0.533. The van der Waals surface area contributed by atoms with Crippen molar-refractivity contribution >= 4 is 5.91 Å². The summed E-state index contributed by atoms with van der Waals surface area (Å²) in [6.45, 7) is 8.08. The van der Waals surface area contributed by atoms with Gasteiger partial charge < -0.3 is 11.1 Å². The number of carbonyl (C=O) groups excluding carboxylic acids is 1. The molecule has 3 N–H and O–H groups in total.